The van der Waals surface area contributed by atoms with Crippen LogP contribution in [0.25, 0.3) is 11.2 Å². The summed E-state index contributed by atoms with van der Waals surface area (Å²) >= 11 is 0. The Balaban J connectivity index is 1.19. The van der Waals surface area contributed by atoms with E-state index in [1.54, 1.807) is 28.8 Å². The first-order valence-electron chi connectivity index (χ1n) is 18.1. The van der Waals surface area contributed by atoms with Crippen molar-refractivity contribution in [3.63, 3.8) is 0 Å². The number of nitrogens with one attached hydrogen (secondary N) is 1. The smallest absolute Gasteiger partial charge is 0.390 e. The number of anilines is 3. The second-order valence-corrected chi connectivity index (χ2v) is 13.1. The summed E-state index contributed by atoms with van der Waals surface area (Å²) in [5.41, 5.74) is 3.46. The number of benzene rings is 3. The van der Waals surface area contributed by atoms with Gasteiger partial charge in [0.15, 0.2) is 11.2 Å². The minimum Gasteiger partial charge on any atom is -0.390 e. The fourth-order valence-electron chi connectivity index (χ4n) is 7.10. The molecule has 2 aliphatic rings. The third kappa shape index (κ3) is 7.60. The van der Waals surface area contributed by atoms with Gasteiger partial charge >= 0.3 is 6.09 Å². The SMILES string of the molecule is C=C/C(=C\C)C(OCC1OC(n2cnc3c(OC(=O)N(c4ccccc4)c4ccccc4)nc(NC(C)=O)nc32)CC1O)(C1=CC=CCC1)c1ccccc1. The quantitative estimate of drug-likeness (QED) is 0.122. The normalized spacial score (nSPS) is 19.4. The third-order valence-corrected chi connectivity index (χ3v) is 9.63. The molecule has 55 heavy (non-hydrogen) atoms. The third-order valence-electron chi connectivity index (χ3n) is 9.63. The maximum Gasteiger partial charge on any atom is 0.425 e. The molecule has 12 heteroatoms. The van der Waals surface area contributed by atoms with E-state index in [0.717, 1.165) is 29.6 Å². The number of nitrogens with zero attached hydrogens (tertiary/aromatic N) is 5. The molecule has 7 rings (SSSR count). The number of hydrogen-bond donors (Lipinski definition) is 2. The van der Waals surface area contributed by atoms with E-state index in [0.29, 0.717) is 11.4 Å². The number of aliphatic hydroxyl groups excluding tert-OH is 1. The van der Waals surface area contributed by atoms with E-state index in [1.165, 1.54) is 18.2 Å². The molecule has 0 radical (unpaired) electrons. The van der Waals surface area contributed by atoms with E-state index in [4.69, 9.17) is 14.2 Å². The summed E-state index contributed by atoms with van der Waals surface area (Å²) in [6.45, 7) is 7.46. The van der Waals surface area contributed by atoms with E-state index in [9.17, 15) is 14.7 Å². The number of para-hydroxylation sites is 2. The zero-order chi connectivity index (χ0) is 38.4. The molecule has 1 aliphatic carbocycles. The van der Waals surface area contributed by atoms with Crippen LogP contribution in [0.15, 0.2) is 145 Å². The van der Waals surface area contributed by atoms with Gasteiger partial charge in [0.25, 0.3) is 5.88 Å². The van der Waals surface area contributed by atoms with Gasteiger partial charge < -0.3 is 19.3 Å². The predicted octanol–water partition coefficient (Wildman–Crippen LogP) is 8.09. The number of aliphatic hydroxyl groups is 1. The van der Waals surface area contributed by atoms with Crippen molar-refractivity contribution >= 4 is 40.5 Å². The fraction of sp³-hybridized carbons (Fsp3) is 0.233. The van der Waals surface area contributed by atoms with Crippen molar-refractivity contribution in [3.8, 4) is 5.88 Å². The minimum absolute atomic E-state index is 0.0508. The number of imidazole rings is 1. The van der Waals surface area contributed by atoms with Crippen LogP contribution in [0.1, 0.15) is 44.9 Å². The van der Waals surface area contributed by atoms with Crippen LogP contribution in [0.2, 0.25) is 0 Å². The van der Waals surface area contributed by atoms with Crippen molar-refractivity contribution < 1.29 is 28.9 Å². The monoisotopic (exact) mass is 738 g/mol. The highest BCUT2D eigenvalue weighted by molar-refractivity contribution is 5.98. The van der Waals surface area contributed by atoms with Crippen LogP contribution in [-0.4, -0.2) is 55.4 Å². The lowest BCUT2D eigenvalue weighted by Crippen LogP contribution is -2.39. The number of aromatic nitrogens is 4. The van der Waals surface area contributed by atoms with Crippen LogP contribution in [0.5, 0.6) is 5.88 Å². The summed E-state index contributed by atoms with van der Waals surface area (Å²) in [4.78, 5) is 41.0. The van der Waals surface area contributed by atoms with Gasteiger partial charge in [0.1, 0.15) is 17.9 Å². The standard InChI is InChI=1S/C43H42N6O6/c1-4-30(5-2)43(31-18-10-6-11-19-31,32-20-12-7-13-21-32)53-27-36-35(51)26-37(54-36)48-28-44-38-39(48)46-41(45-29(3)50)47-40(38)55-42(52)49(33-22-14-8-15-23-33)34-24-16-9-17-25-34/h4-12,14-20,22-25,28,35-37,51H,1,13,21,26-27H2,2-3H3,(H,45,46,47,50)/b30-5+. The van der Waals surface area contributed by atoms with Crippen LogP contribution >= 0.6 is 0 Å². The van der Waals surface area contributed by atoms with Crippen LogP contribution in [0.4, 0.5) is 22.1 Å². The van der Waals surface area contributed by atoms with Crippen molar-refractivity contribution in [1.29, 1.82) is 0 Å². The Bertz CT molecular complexity index is 2220. The number of hydrogen-bond acceptors (Lipinski definition) is 9. The second-order valence-electron chi connectivity index (χ2n) is 13.1. The van der Waals surface area contributed by atoms with E-state index >= 15 is 0 Å². The van der Waals surface area contributed by atoms with Gasteiger partial charge in [-0.05, 0) is 60.7 Å². The van der Waals surface area contributed by atoms with Crippen LogP contribution in [-0.2, 0) is 19.9 Å². The van der Waals surface area contributed by atoms with E-state index in [-0.39, 0.29) is 36.0 Å². The summed E-state index contributed by atoms with van der Waals surface area (Å²) in [7, 11) is 0. The van der Waals surface area contributed by atoms with Gasteiger partial charge in [-0.25, -0.2) is 14.7 Å². The molecule has 4 unspecified atom stereocenters. The van der Waals surface area contributed by atoms with Gasteiger partial charge in [0.2, 0.25) is 11.9 Å². The lowest BCUT2D eigenvalue weighted by atomic mass is 9.76. The Labute approximate surface area is 319 Å². The van der Waals surface area contributed by atoms with Crippen LogP contribution in [0.3, 0.4) is 0 Å². The van der Waals surface area contributed by atoms with E-state index in [1.807, 2.05) is 91.9 Å². The van der Waals surface area contributed by atoms with Crippen LogP contribution < -0.4 is 15.0 Å². The highest BCUT2D eigenvalue weighted by Gasteiger charge is 2.43. The number of fused-ring (bicyclic) bond motifs is 1. The highest BCUT2D eigenvalue weighted by atomic mass is 16.6. The molecular weight excluding hydrogens is 697 g/mol. The molecule has 5 aromatic rings. The van der Waals surface area contributed by atoms with Gasteiger partial charge in [0.05, 0.1) is 30.4 Å². The summed E-state index contributed by atoms with van der Waals surface area (Å²) in [6.07, 6.45) is 10.3. The highest BCUT2D eigenvalue weighted by Crippen LogP contribution is 2.45. The first kappa shape index (κ1) is 37.1. The molecule has 12 nitrogen and oxygen atoms in total. The average Bonchev–Trinajstić information content (AvgIpc) is 3.81. The number of rotatable bonds is 12. The topological polar surface area (TPSA) is 141 Å². The molecule has 3 heterocycles. The van der Waals surface area contributed by atoms with Gasteiger partial charge in [-0.1, -0.05) is 104 Å². The second kappa shape index (κ2) is 16.4. The molecular formula is C43H42N6O6. The zero-order valence-corrected chi connectivity index (χ0v) is 30.6. The van der Waals surface area contributed by atoms with Gasteiger partial charge in [-0.2, -0.15) is 9.97 Å². The molecule has 1 saturated heterocycles. The fourth-order valence-corrected chi connectivity index (χ4v) is 7.10. The van der Waals surface area contributed by atoms with Crippen molar-refractivity contribution in [2.45, 2.75) is 57.1 Å². The Hall–Kier alpha value is -6.21. The molecule has 0 bridgehead atoms. The van der Waals surface area contributed by atoms with Crippen molar-refractivity contribution in [3.05, 3.63) is 151 Å². The number of carbonyl (C=O) groups is 2. The van der Waals surface area contributed by atoms with Crippen molar-refractivity contribution in [2.75, 3.05) is 16.8 Å². The summed E-state index contributed by atoms with van der Waals surface area (Å²) in [5.74, 6) is -0.689. The number of allylic oxidation sites excluding steroid dienone is 4. The maximum absolute atomic E-state index is 13.9. The Morgan fingerprint density at radius 2 is 1.71 bits per heavy atom. The number of ether oxygens (including phenoxy) is 3. The maximum atomic E-state index is 13.9. The molecule has 3 aromatic carbocycles. The summed E-state index contributed by atoms with van der Waals surface area (Å²) in [6, 6.07) is 28.1. The van der Waals surface area contributed by atoms with Crippen molar-refractivity contribution in [1.82, 2.24) is 19.5 Å². The molecule has 1 fully saturated rings. The summed E-state index contributed by atoms with van der Waals surface area (Å²) < 4.78 is 21.0. The zero-order valence-electron chi connectivity index (χ0n) is 30.6. The van der Waals surface area contributed by atoms with Crippen molar-refractivity contribution in [2.24, 2.45) is 0 Å². The Morgan fingerprint density at radius 3 is 2.31 bits per heavy atom. The number of amides is 2. The molecule has 4 atom stereocenters. The average molecular weight is 739 g/mol. The molecule has 0 spiro atoms. The van der Waals surface area contributed by atoms with E-state index < -0.39 is 36.0 Å². The molecule has 2 N–H and O–H groups in total. The van der Waals surface area contributed by atoms with Crippen LogP contribution in [0, 0.1) is 0 Å². The predicted molar refractivity (Wildman–Crippen MR) is 210 cm³/mol. The molecule has 0 saturated carbocycles. The Kier molecular flexibility index (Phi) is 11.1. The summed E-state index contributed by atoms with van der Waals surface area (Å²) in [5, 5.41) is 14.0. The first-order chi connectivity index (χ1) is 26.8. The van der Waals surface area contributed by atoms with E-state index in [2.05, 4.69) is 39.0 Å². The minimum atomic E-state index is -0.960. The first-order valence-corrected chi connectivity index (χ1v) is 18.1. The number of carbonyl (C=O) groups excluding carboxylic acids is 2. The van der Waals surface area contributed by atoms with Gasteiger partial charge in [0, 0.05) is 13.3 Å². The van der Waals surface area contributed by atoms with Gasteiger partial charge in [-0.15, -0.1) is 0 Å². The lowest BCUT2D eigenvalue weighted by Gasteiger charge is -2.40. The van der Waals surface area contributed by atoms with Gasteiger partial charge in [-0.3, -0.25) is 14.7 Å². The Morgan fingerprint density at radius 1 is 1.04 bits per heavy atom. The molecule has 280 valence electrons. The largest absolute Gasteiger partial charge is 0.425 e. The molecule has 2 amide bonds. The molecule has 1 aliphatic heterocycles. The molecule has 2 aromatic heterocycles. The lowest BCUT2D eigenvalue weighted by molar-refractivity contribution is -0.114.